The molecule has 0 aromatic carbocycles. The molecule has 110 valence electrons. The molecule has 0 amide bonds. The van der Waals surface area contributed by atoms with Gasteiger partial charge in [-0.2, -0.15) is 5.10 Å². The molecule has 2 aromatic rings. The van der Waals surface area contributed by atoms with Crippen molar-refractivity contribution < 1.29 is 0 Å². The zero-order valence-electron chi connectivity index (χ0n) is 12.4. The molecule has 0 unspecified atom stereocenters. The highest BCUT2D eigenvalue weighted by Gasteiger charge is 2.20. The Balaban J connectivity index is 1.92. The number of aryl methyl sites for hydroxylation is 3. The molecule has 0 atom stereocenters. The molecule has 0 radical (unpaired) electrons. The number of aromatic nitrogens is 4. The number of imidazole rings is 1. The van der Waals surface area contributed by atoms with Gasteiger partial charge in [0.1, 0.15) is 11.3 Å². The van der Waals surface area contributed by atoms with E-state index in [1.807, 2.05) is 11.7 Å². The average Bonchev–Trinajstić information content (AvgIpc) is 3.13. The summed E-state index contributed by atoms with van der Waals surface area (Å²) in [5.41, 5.74) is 3.25. The lowest BCUT2D eigenvalue weighted by Crippen LogP contribution is -2.09. The van der Waals surface area contributed by atoms with E-state index < -0.39 is 0 Å². The predicted octanol–water partition coefficient (Wildman–Crippen LogP) is 3.65. The minimum atomic E-state index is 0.475. The van der Waals surface area contributed by atoms with Crippen LogP contribution in [-0.2, 0) is 25.9 Å². The van der Waals surface area contributed by atoms with E-state index in [9.17, 15) is 0 Å². The van der Waals surface area contributed by atoms with Gasteiger partial charge in [0.15, 0.2) is 5.65 Å². The molecule has 0 aliphatic heterocycles. The molecule has 0 spiro atoms. The maximum atomic E-state index is 6.09. The molecular weight excluding hydrogens is 272 g/mol. The Morgan fingerprint density at radius 3 is 2.70 bits per heavy atom. The minimum absolute atomic E-state index is 0.475. The van der Waals surface area contributed by atoms with Crippen molar-refractivity contribution in [2.75, 3.05) is 0 Å². The van der Waals surface area contributed by atoms with Crippen LogP contribution in [0.4, 0.5) is 0 Å². The van der Waals surface area contributed by atoms with E-state index in [1.165, 1.54) is 32.1 Å². The van der Waals surface area contributed by atoms with Crippen LogP contribution in [0.3, 0.4) is 0 Å². The third-order valence-electron chi connectivity index (χ3n) is 4.56. The molecule has 2 aromatic heterocycles. The Hall–Kier alpha value is -1.03. The first-order chi connectivity index (χ1) is 9.74. The van der Waals surface area contributed by atoms with Crippen molar-refractivity contribution in [1.82, 2.24) is 19.3 Å². The van der Waals surface area contributed by atoms with Crippen molar-refractivity contribution >= 4 is 22.8 Å². The molecular formula is C15H23ClN4. The van der Waals surface area contributed by atoms with E-state index in [2.05, 4.69) is 16.6 Å². The number of hydrogen-bond donors (Lipinski definition) is 0. The SMILES string of the molecule is CCc1nn(C)c2c1nc(CCl)n2CCC1CCCC1. The van der Waals surface area contributed by atoms with Crippen molar-refractivity contribution in [2.45, 2.75) is 57.9 Å². The predicted molar refractivity (Wildman–Crippen MR) is 82.0 cm³/mol. The molecule has 0 bridgehead atoms. The van der Waals surface area contributed by atoms with Crippen LogP contribution in [0.25, 0.3) is 11.2 Å². The third kappa shape index (κ3) is 2.34. The Morgan fingerprint density at radius 1 is 1.30 bits per heavy atom. The van der Waals surface area contributed by atoms with Crippen LogP contribution in [-0.4, -0.2) is 19.3 Å². The molecule has 20 heavy (non-hydrogen) atoms. The van der Waals surface area contributed by atoms with Crippen LogP contribution in [0.5, 0.6) is 0 Å². The Labute approximate surface area is 125 Å². The highest BCUT2D eigenvalue weighted by molar-refractivity contribution is 6.16. The van der Waals surface area contributed by atoms with E-state index >= 15 is 0 Å². The van der Waals surface area contributed by atoms with E-state index in [1.54, 1.807) is 0 Å². The smallest absolute Gasteiger partial charge is 0.158 e. The lowest BCUT2D eigenvalue weighted by atomic mass is 10.0. The fourth-order valence-electron chi connectivity index (χ4n) is 3.47. The average molecular weight is 295 g/mol. The van der Waals surface area contributed by atoms with Crippen molar-refractivity contribution in [2.24, 2.45) is 13.0 Å². The zero-order valence-corrected chi connectivity index (χ0v) is 13.2. The summed E-state index contributed by atoms with van der Waals surface area (Å²) in [6, 6.07) is 0. The van der Waals surface area contributed by atoms with Gasteiger partial charge in [-0.25, -0.2) is 4.98 Å². The third-order valence-corrected chi connectivity index (χ3v) is 4.80. The van der Waals surface area contributed by atoms with E-state index in [4.69, 9.17) is 16.6 Å². The van der Waals surface area contributed by atoms with Crippen molar-refractivity contribution in [3.8, 4) is 0 Å². The lowest BCUT2D eigenvalue weighted by molar-refractivity contribution is 0.455. The van der Waals surface area contributed by atoms with Gasteiger partial charge in [0.05, 0.1) is 11.6 Å². The van der Waals surface area contributed by atoms with Gasteiger partial charge in [0.2, 0.25) is 0 Å². The molecule has 5 heteroatoms. The van der Waals surface area contributed by atoms with E-state index in [-0.39, 0.29) is 0 Å². The van der Waals surface area contributed by atoms with Gasteiger partial charge in [-0.15, -0.1) is 11.6 Å². The highest BCUT2D eigenvalue weighted by Crippen LogP contribution is 2.29. The van der Waals surface area contributed by atoms with Crippen molar-refractivity contribution in [3.05, 3.63) is 11.5 Å². The molecule has 0 saturated heterocycles. The monoisotopic (exact) mass is 294 g/mol. The zero-order chi connectivity index (χ0) is 14.1. The standard InChI is InChI=1S/C15H23ClN4/c1-3-12-14-15(19(2)18-12)20(13(10-16)17-14)9-8-11-6-4-5-7-11/h11H,3-10H2,1-2H3. The number of alkyl halides is 1. The van der Waals surface area contributed by atoms with Gasteiger partial charge in [0.25, 0.3) is 0 Å². The number of hydrogen-bond acceptors (Lipinski definition) is 2. The molecule has 1 aliphatic rings. The van der Waals surface area contributed by atoms with Gasteiger partial charge < -0.3 is 4.57 Å². The molecule has 1 saturated carbocycles. The Kier molecular flexibility index (Phi) is 4.01. The van der Waals surface area contributed by atoms with Crippen molar-refractivity contribution in [1.29, 1.82) is 0 Å². The summed E-state index contributed by atoms with van der Waals surface area (Å²) in [7, 11) is 2.01. The molecule has 1 aliphatic carbocycles. The minimum Gasteiger partial charge on any atom is -0.312 e. The quantitative estimate of drug-likeness (QED) is 0.789. The van der Waals surface area contributed by atoms with E-state index in [0.29, 0.717) is 5.88 Å². The first kappa shape index (κ1) is 13.9. The summed E-state index contributed by atoms with van der Waals surface area (Å²) in [5.74, 6) is 2.35. The second-order valence-electron chi connectivity index (χ2n) is 5.85. The molecule has 0 N–H and O–H groups in total. The normalized spacial score (nSPS) is 16.6. The number of rotatable bonds is 5. The Morgan fingerprint density at radius 2 is 2.05 bits per heavy atom. The van der Waals surface area contributed by atoms with E-state index in [0.717, 1.165) is 41.6 Å². The number of halogens is 1. The van der Waals surface area contributed by atoms with Gasteiger partial charge in [0, 0.05) is 13.6 Å². The van der Waals surface area contributed by atoms with Crippen LogP contribution >= 0.6 is 11.6 Å². The highest BCUT2D eigenvalue weighted by atomic mass is 35.5. The van der Waals surface area contributed by atoms with Crippen LogP contribution in [0.15, 0.2) is 0 Å². The molecule has 3 rings (SSSR count). The molecule has 2 heterocycles. The first-order valence-corrected chi connectivity index (χ1v) is 8.25. The van der Waals surface area contributed by atoms with Gasteiger partial charge in [-0.3, -0.25) is 4.68 Å². The number of nitrogens with zero attached hydrogens (tertiary/aromatic N) is 4. The summed E-state index contributed by atoms with van der Waals surface area (Å²) >= 11 is 6.09. The van der Waals surface area contributed by atoms with Crippen molar-refractivity contribution in [3.63, 3.8) is 0 Å². The summed E-state index contributed by atoms with van der Waals surface area (Å²) < 4.78 is 4.25. The fraction of sp³-hybridized carbons (Fsp3) is 0.733. The number of fused-ring (bicyclic) bond motifs is 1. The van der Waals surface area contributed by atoms with Crippen LogP contribution in [0.1, 0.15) is 50.5 Å². The lowest BCUT2D eigenvalue weighted by Gasteiger charge is -2.12. The van der Waals surface area contributed by atoms with Gasteiger partial charge in [-0.1, -0.05) is 32.6 Å². The molecule has 4 nitrogen and oxygen atoms in total. The second-order valence-corrected chi connectivity index (χ2v) is 6.12. The molecule has 1 fully saturated rings. The summed E-state index contributed by atoms with van der Waals surface area (Å²) in [6.45, 7) is 3.14. The van der Waals surface area contributed by atoms with Crippen LogP contribution < -0.4 is 0 Å². The Bertz CT molecular complexity index is 593. The first-order valence-electron chi connectivity index (χ1n) is 7.71. The van der Waals surface area contributed by atoms with Crippen LogP contribution in [0.2, 0.25) is 0 Å². The maximum absolute atomic E-state index is 6.09. The van der Waals surface area contributed by atoms with Gasteiger partial charge >= 0.3 is 0 Å². The summed E-state index contributed by atoms with van der Waals surface area (Å²) in [4.78, 5) is 4.72. The maximum Gasteiger partial charge on any atom is 0.158 e. The summed E-state index contributed by atoms with van der Waals surface area (Å²) in [5, 5.41) is 4.57. The topological polar surface area (TPSA) is 35.6 Å². The fourth-order valence-corrected chi connectivity index (χ4v) is 3.68. The summed E-state index contributed by atoms with van der Waals surface area (Å²) in [6.07, 6.45) is 7.73. The second kappa shape index (κ2) is 5.76. The van der Waals surface area contributed by atoms with Gasteiger partial charge in [-0.05, 0) is 18.8 Å². The van der Waals surface area contributed by atoms with Crippen LogP contribution in [0, 0.1) is 5.92 Å². The largest absolute Gasteiger partial charge is 0.312 e.